The molecule has 0 radical (unpaired) electrons. The van der Waals surface area contributed by atoms with Crippen molar-refractivity contribution >= 4 is 31.9 Å². The summed E-state index contributed by atoms with van der Waals surface area (Å²) >= 11 is 7.03. The minimum atomic E-state index is -0.186. The van der Waals surface area contributed by atoms with Crippen molar-refractivity contribution in [3.8, 4) is 0 Å². The van der Waals surface area contributed by atoms with Crippen molar-refractivity contribution in [2.45, 2.75) is 37.4 Å². The second-order valence-corrected chi connectivity index (χ2v) is 5.81. The van der Waals surface area contributed by atoms with Crippen LogP contribution in [0.5, 0.6) is 0 Å². The number of alkyl halides is 1. The molecule has 0 saturated carbocycles. The van der Waals surface area contributed by atoms with Gasteiger partial charge in [-0.25, -0.2) is 4.39 Å². The van der Waals surface area contributed by atoms with Gasteiger partial charge in [0.25, 0.3) is 0 Å². The monoisotopic (exact) mass is 336 g/mol. The molecule has 0 amide bonds. The molecule has 0 saturated heterocycles. The van der Waals surface area contributed by atoms with Gasteiger partial charge in [0.05, 0.1) is 0 Å². The van der Waals surface area contributed by atoms with Crippen molar-refractivity contribution in [3.05, 3.63) is 34.1 Å². The number of benzene rings is 1. The van der Waals surface area contributed by atoms with Crippen molar-refractivity contribution < 1.29 is 4.39 Å². The second kappa shape index (κ2) is 6.64. The zero-order chi connectivity index (χ0) is 11.3. The van der Waals surface area contributed by atoms with Crippen LogP contribution in [0.25, 0.3) is 0 Å². The molecule has 0 heterocycles. The van der Waals surface area contributed by atoms with E-state index >= 15 is 0 Å². The zero-order valence-corrected chi connectivity index (χ0v) is 11.9. The molecule has 0 N–H and O–H groups in total. The highest BCUT2D eigenvalue weighted by Gasteiger charge is 2.06. The molecule has 1 unspecified atom stereocenters. The Morgan fingerprint density at radius 2 is 2.07 bits per heavy atom. The lowest BCUT2D eigenvalue weighted by atomic mass is 10.1. The molecule has 15 heavy (non-hydrogen) atoms. The van der Waals surface area contributed by atoms with Crippen LogP contribution in [0.15, 0.2) is 22.7 Å². The minimum Gasteiger partial charge on any atom is -0.207 e. The quantitative estimate of drug-likeness (QED) is 0.657. The zero-order valence-electron chi connectivity index (χ0n) is 8.77. The van der Waals surface area contributed by atoms with Gasteiger partial charge in [-0.15, -0.1) is 0 Å². The first kappa shape index (κ1) is 13.2. The van der Waals surface area contributed by atoms with Crippen LogP contribution < -0.4 is 0 Å². The molecular formula is C12H15Br2F. The lowest BCUT2D eigenvalue weighted by Gasteiger charge is -2.09. The molecule has 84 valence electrons. The number of rotatable bonds is 5. The molecule has 1 aromatic carbocycles. The van der Waals surface area contributed by atoms with Crippen LogP contribution in [0.4, 0.5) is 4.39 Å². The van der Waals surface area contributed by atoms with Crippen LogP contribution in [-0.2, 0) is 6.42 Å². The highest BCUT2D eigenvalue weighted by molar-refractivity contribution is 9.10. The van der Waals surface area contributed by atoms with Gasteiger partial charge in [-0.1, -0.05) is 51.3 Å². The van der Waals surface area contributed by atoms with Crippen LogP contribution >= 0.6 is 31.9 Å². The molecule has 0 aromatic heterocycles. The fourth-order valence-corrected chi connectivity index (χ4v) is 2.73. The third-order valence-corrected chi connectivity index (χ3v) is 4.00. The number of aryl methyl sites for hydroxylation is 1. The summed E-state index contributed by atoms with van der Waals surface area (Å²) < 4.78 is 13.7. The number of hydrogen-bond acceptors (Lipinski definition) is 0. The normalized spacial score (nSPS) is 12.8. The Labute approximate surface area is 108 Å². The largest absolute Gasteiger partial charge is 0.207 e. The summed E-state index contributed by atoms with van der Waals surface area (Å²) in [7, 11) is 0. The summed E-state index contributed by atoms with van der Waals surface area (Å²) in [4.78, 5) is 0.569. The highest BCUT2D eigenvalue weighted by Crippen LogP contribution is 2.22. The van der Waals surface area contributed by atoms with Gasteiger partial charge in [-0.3, -0.25) is 0 Å². The summed E-state index contributed by atoms with van der Waals surface area (Å²) in [5, 5.41) is 0. The van der Waals surface area contributed by atoms with Gasteiger partial charge in [0, 0.05) is 9.30 Å². The van der Waals surface area contributed by atoms with E-state index in [2.05, 4.69) is 38.8 Å². The van der Waals surface area contributed by atoms with E-state index in [1.165, 1.54) is 30.5 Å². The number of halogens is 3. The Bertz CT molecular complexity index is 312. The van der Waals surface area contributed by atoms with Crippen molar-refractivity contribution in [3.63, 3.8) is 0 Å². The van der Waals surface area contributed by atoms with E-state index in [4.69, 9.17) is 0 Å². The van der Waals surface area contributed by atoms with Crippen LogP contribution in [-0.4, -0.2) is 4.83 Å². The van der Waals surface area contributed by atoms with E-state index in [1.54, 1.807) is 0 Å². The molecule has 1 rings (SSSR count). The van der Waals surface area contributed by atoms with Crippen LogP contribution in [0.1, 0.15) is 31.7 Å². The van der Waals surface area contributed by atoms with Crippen molar-refractivity contribution in [2.75, 3.05) is 0 Å². The molecule has 3 heteroatoms. The Hall–Kier alpha value is 0.110. The molecule has 0 spiro atoms. The van der Waals surface area contributed by atoms with Crippen molar-refractivity contribution in [1.29, 1.82) is 0 Å². The second-order valence-electron chi connectivity index (χ2n) is 3.66. The highest BCUT2D eigenvalue weighted by atomic mass is 79.9. The molecule has 0 fully saturated rings. The van der Waals surface area contributed by atoms with Gasteiger partial charge in [-0.2, -0.15) is 0 Å². The molecule has 0 aliphatic heterocycles. The van der Waals surface area contributed by atoms with Gasteiger partial charge >= 0.3 is 0 Å². The van der Waals surface area contributed by atoms with Gasteiger partial charge in [0.15, 0.2) is 0 Å². The first-order chi connectivity index (χ1) is 7.13. The molecule has 0 bridgehead atoms. The molecular weight excluding hydrogens is 323 g/mol. The molecule has 1 aromatic rings. The summed E-state index contributed by atoms with van der Waals surface area (Å²) in [6.45, 7) is 2.18. The molecule has 0 nitrogen and oxygen atoms in total. The van der Waals surface area contributed by atoms with E-state index in [9.17, 15) is 4.39 Å². The van der Waals surface area contributed by atoms with Crippen molar-refractivity contribution in [1.82, 2.24) is 0 Å². The van der Waals surface area contributed by atoms with E-state index in [0.717, 1.165) is 17.3 Å². The maximum Gasteiger partial charge on any atom is 0.124 e. The van der Waals surface area contributed by atoms with Gasteiger partial charge in [-0.05, 0) is 37.0 Å². The average Bonchev–Trinajstić information content (AvgIpc) is 2.17. The lowest BCUT2D eigenvalue weighted by Crippen LogP contribution is -2.00. The standard InChI is InChI=1S/C12H15Br2F/c1-2-3-10(13)6-4-9-5-7-11(15)8-12(9)14/h5,7-8,10H,2-4,6H2,1H3. The fraction of sp³-hybridized carbons (Fsp3) is 0.500. The Balaban J connectivity index is 2.50. The fourth-order valence-electron chi connectivity index (χ4n) is 1.49. The van der Waals surface area contributed by atoms with Crippen molar-refractivity contribution in [2.24, 2.45) is 0 Å². The lowest BCUT2D eigenvalue weighted by molar-refractivity contribution is 0.625. The maximum atomic E-state index is 12.8. The molecule has 0 aliphatic rings. The first-order valence-corrected chi connectivity index (χ1v) is 6.92. The molecule has 0 aliphatic carbocycles. The maximum absolute atomic E-state index is 12.8. The number of hydrogen-bond donors (Lipinski definition) is 0. The van der Waals surface area contributed by atoms with Gasteiger partial charge in [0.1, 0.15) is 5.82 Å². The predicted octanol–water partition coefficient (Wildman–Crippen LogP) is 5.08. The van der Waals surface area contributed by atoms with E-state index in [1.807, 2.05) is 6.07 Å². The van der Waals surface area contributed by atoms with E-state index < -0.39 is 0 Å². The van der Waals surface area contributed by atoms with Gasteiger partial charge < -0.3 is 0 Å². The summed E-state index contributed by atoms with van der Waals surface area (Å²) in [5.41, 5.74) is 1.18. The third-order valence-electron chi connectivity index (χ3n) is 2.34. The SMILES string of the molecule is CCCC(Br)CCc1ccc(F)cc1Br. The van der Waals surface area contributed by atoms with E-state index in [0.29, 0.717) is 4.83 Å². The summed E-state index contributed by atoms with van der Waals surface area (Å²) in [5.74, 6) is -0.186. The van der Waals surface area contributed by atoms with E-state index in [-0.39, 0.29) is 5.82 Å². The van der Waals surface area contributed by atoms with Gasteiger partial charge in [0.2, 0.25) is 0 Å². The first-order valence-electron chi connectivity index (χ1n) is 5.21. The Kier molecular flexibility index (Phi) is 5.83. The van der Waals surface area contributed by atoms with Crippen LogP contribution in [0.3, 0.4) is 0 Å². The summed E-state index contributed by atoms with van der Waals surface area (Å²) in [6.07, 6.45) is 4.47. The Morgan fingerprint density at radius 1 is 1.33 bits per heavy atom. The Morgan fingerprint density at radius 3 is 2.67 bits per heavy atom. The average molecular weight is 338 g/mol. The predicted molar refractivity (Wildman–Crippen MR) is 70.0 cm³/mol. The summed E-state index contributed by atoms with van der Waals surface area (Å²) in [6, 6.07) is 4.90. The van der Waals surface area contributed by atoms with Crippen LogP contribution in [0, 0.1) is 5.82 Å². The minimum absolute atomic E-state index is 0.186. The van der Waals surface area contributed by atoms with Crippen LogP contribution in [0.2, 0.25) is 0 Å². The molecule has 1 atom stereocenters. The third kappa shape index (κ3) is 4.64. The smallest absolute Gasteiger partial charge is 0.124 e. The topological polar surface area (TPSA) is 0 Å².